The van der Waals surface area contributed by atoms with Crippen LogP contribution >= 0.6 is 0 Å². The van der Waals surface area contributed by atoms with Gasteiger partial charge in [0.1, 0.15) is 11.6 Å². The number of nitrogens with one attached hydrogen (secondary N) is 1. The summed E-state index contributed by atoms with van der Waals surface area (Å²) < 4.78 is 19.7. The molecule has 170 valence electrons. The summed E-state index contributed by atoms with van der Waals surface area (Å²) in [5, 5.41) is 2.88. The molecule has 0 atom stereocenters. The summed E-state index contributed by atoms with van der Waals surface area (Å²) in [5.41, 5.74) is 1.93. The smallest absolute Gasteiger partial charge is 0.260 e. The van der Waals surface area contributed by atoms with E-state index >= 15 is 0 Å². The first-order valence-corrected chi connectivity index (χ1v) is 10.9. The number of amides is 2. The number of para-hydroxylation sites is 2. The summed E-state index contributed by atoms with van der Waals surface area (Å²) in [6.45, 7) is 2.30. The normalized spacial score (nSPS) is 13.5. The number of rotatable bonds is 7. The van der Waals surface area contributed by atoms with E-state index < -0.39 is 0 Å². The maximum absolute atomic E-state index is 14.0. The molecule has 7 heteroatoms. The number of piperazine rings is 1. The zero-order valence-electron chi connectivity index (χ0n) is 18.2. The van der Waals surface area contributed by atoms with Crippen LogP contribution in [0.3, 0.4) is 0 Å². The maximum Gasteiger partial charge on any atom is 0.260 e. The molecule has 1 saturated heterocycles. The minimum Gasteiger partial charge on any atom is -0.483 e. The van der Waals surface area contributed by atoms with Crippen LogP contribution in [0.5, 0.6) is 5.75 Å². The van der Waals surface area contributed by atoms with Crippen LogP contribution in [0, 0.1) is 5.82 Å². The van der Waals surface area contributed by atoms with Gasteiger partial charge in [-0.05, 0) is 29.8 Å². The van der Waals surface area contributed by atoms with E-state index in [1.165, 1.54) is 6.07 Å². The third-order valence-electron chi connectivity index (χ3n) is 5.60. The Morgan fingerprint density at radius 1 is 0.848 bits per heavy atom. The number of nitrogens with zero attached hydrogens (tertiary/aromatic N) is 2. The van der Waals surface area contributed by atoms with E-state index in [1.54, 1.807) is 47.4 Å². The van der Waals surface area contributed by atoms with Crippen molar-refractivity contribution in [2.75, 3.05) is 37.7 Å². The lowest BCUT2D eigenvalue weighted by Gasteiger charge is -2.36. The second kappa shape index (κ2) is 10.6. The van der Waals surface area contributed by atoms with Gasteiger partial charge in [-0.1, -0.05) is 54.6 Å². The van der Waals surface area contributed by atoms with Crippen molar-refractivity contribution < 1.29 is 18.7 Å². The molecule has 1 aliphatic rings. The van der Waals surface area contributed by atoms with Gasteiger partial charge < -0.3 is 19.9 Å². The fraction of sp³-hybridized carbons (Fsp3) is 0.231. The Bertz CT molecular complexity index is 1100. The summed E-state index contributed by atoms with van der Waals surface area (Å²) >= 11 is 0. The van der Waals surface area contributed by atoms with Crippen LogP contribution < -0.4 is 15.0 Å². The number of hydrogen-bond acceptors (Lipinski definition) is 4. The molecule has 1 aliphatic heterocycles. The molecule has 6 nitrogen and oxygen atoms in total. The fourth-order valence-electron chi connectivity index (χ4n) is 3.79. The van der Waals surface area contributed by atoms with Gasteiger partial charge in [0.15, 0.2) is 6.61 Å². The second-order valence-corrected chi connectivity index (χ2v) is 7.77. The average molecular weight is 448 g/mol. The molecule has 1 N–H and O–H groups in total. The summed E-state index contributed by atoms with van der Waals surface area (Å²) in [6, 6.07) is 23.2. The van der Waals surface area contributed by atoms with Crippen molar-refractivity contribution in [2.45, 2.75) is 6.54 Å². The van der Waals surface area contributed by atoms with Crippen LogP contribution in [0.2, 0.25) is 0 Å². The molecule has 1 heterocycles. The Kier molecular flexibility index (Phi) is 7.19. The van der Waals surface area contributed by atoms with Gasteiger partial charge >= 0.3 is 0 Å². The van der Waals surface area contributed by atoms with Crippen molar-refractivity contribution in [3.63, 3.8) is 0 Å². The van der Waals surface area contributed by atoms with Gasteiger partial charge in [-0.3, -0.25) is 9.59 Å². The van der Waals surface area contributed by atoms with Crippen LogP contribution in [0.25, 0.3) is 0 Å². The lowest BCUT2D eigenvalue weighted by molar-refractivity contribution is -0.133. The Labute approximate surface area is 192 Å². The van der Waals surface area contributed by atoms with Crippen molar-refractivity contribution in [1.29, 1.82) is 0 Å². The highest BCUT2D eigenvalue weighted by molar-refractivity contribution is 5.97. The fourth-order valence-corrected chi connectivity index (χ4v) is 3.79. The Morgan fingerprint density at radius 3 is 2.27 bits per heavy atom. The number of ether oxygens (including phenoxy) is 1. The third kappa shape index (κ3) is 5.68. The summed E-state index contributed by atoms with van der Waals surface area (Å²) in [5.74, 6) is -0.327. The highest BCUT2D eigenvalue weighted by atomic mass is 19.1. The first-order chi connectivity index (χ1) is 16.1. The van der Waals surface area contributed by atoms with Crippen molar-refractivity contribution in [3.8, 4) is 5.75 Å². The molecular formula is C26H26FN3O3. The predicted molar refractivity (Wildman–Crippen MR) is 125 cm³/mol. The number of benzene rings is 3. The summed E-state index contributed by atoms with van der Waals surface area (Å²) in [4.78, 5) is 29.0. The van der Waals surface area contributed by atoms with Gasteiger partial charge in [-0.25, -0.2) is 4.39 Å². The zero-order chi connectivity index (χ0) is 23.0. The molecule has 33 heavy (non-hydrogen) atoms. The molecule has 0 unspecified atom stereocenters. The molecule has 3 aromatic carbocycles. The van der Waals surface area contributed by atoms with Gasteiger partial charge in [-0.15, -0.1) is 0 Å². The molecule has 1 fully saturated rings. The highest BCUT2D eigenvalue weighted by Gasteiger charge is 2.23. The Balaban J connectivity index is 1.30. The number of hydrogen-bond donors (Lipinski definition) is 1. The van der Waals surface area contributed by atoms with Crippen molar-refractivity contribution in [1.82, 2.24) is 10.2 Å². The maximum atomic E-state index is 14.0. The van der Waals surface area contributed by atoms with Gasteiger partial charge in [-0.2, -0.15) is 0 Å². The second-order valence-electron chi connectivity index (χ2n) is 7.77. The summed E-state index contributed by atoms with van der Waals surface area (Å²) in [6.07, 6.45) is 0. The van der Waals surface area contributed by atoms with Crippen LogP contribution in [-0.4, -0.2) is 49.5 Å². The molecule has 3 aromatic rings. The van der Waals surface area contributed by atoms with E-state index in [4.69, 9.17) is 4.74 Å². The van der Waals surface area contributed by atoms with E-state index in [0.29, 0.717) is 49.7 Å². The molecule has 2 amide bonds. The lowest BCUT2D eigenvalue weighted by Crippen LogP contribution is -2.50. The molecule has 4 rings (SSSR count). The first kappa shape index (κ1) is 22.3. The van der Waals surface area contributed by atoms with E-state index in [0.717, 1.165) is 5.56 Å². The van der Waals surface area contributed by atoms with Gasteiger partial charge in [0.05, 0.1) is 11.3 Å². The van der Waals surface area contributed by atoms with E-state index in [2.05, 4.69) is 5.32 Å². The molecule has 0 spiro atoms. The minimum atomic E-state index is -0.264. The zero-order valence-corrected chi connectivity index (χ0v) is 18.2. The van der Waals surface area contributed by atoms with Crippen molar-refractivity contribution in [2.24, 2.45) is 0 Å². The van der Waals surface area contributed by atoms with Crippen molar-refractivity contribution >= 4 is 17.5 Å². The van der Waals surface area contributed by atoms with Crippen LogP contribution in [0.4, 0.5) is 10.1 Å². The van der Waals surface area contributed by atoms with E-state index in [-0.39, 0.29) is 24.2 Å². The highest BCUT2D eigenvalue weighted by Crippen LogP contribution is 2.21. The first-order valence-electron chi connectivity index (χ1n) is 10.9. The van der Waals surface area contributed by atoms with E-state index in [9.17, 15) is 14.0 Å². The topological polar surface area (TPSA) is 61.9 Å². The number of carbonyl (C=O) groups excluding carboxylic acids is 2. The SMILES string of the molecule is O=C(NCc1ccccc1)c1ccccc1OCC(=O)N1CCN(c2ccccc2F)CC1. The van der Waals surface area contributed by atoms with Gasteiger partial charge in [0.2, 0.25) is 0 Å². The number of anilines is 1. The lowest BCUT2D eigenvalue weighted by atomic mass is 10.1. The molecule has 0 aliphatic carbocycles. The molecular weight excluding hydrogens is 421 g/mol. The van der Waals surface area contributed by atoms with Crippen LogP contribution in [0.15, 0.2) is 78.9 Å². The largest absolute Gasteiger partial charge is 0.483 e. The molecule has 0 aromatic heterocycles. The molecule has 0 radical (unpaired) electrons. The quantitative estimate of drug-likeness (QED) is 0.603. The number of carbonyl (C=O) groups is 2. The van der Waals surface area contributed by atoms with Gasteiger partial charge in [0, 0.05) is 32.7 Å². The number of halogens is 1. The monoisotopic (exact) mass is 447 g/mol. The predicted octanol–water partition coefficient (Wildman–Crippen LogP) is 3.48. The van der Waals surface area contributed by atoms with Gasteiger partial charge in [0.25, 0.3) is 11.8 Å². The summed E-state index contributed by atoms with van der Waals surface area (Å²) in [7, 11) is 0. The average Bonchev–Trinajstić information content (AvgIpc) is 2.87. The Hall–Kier alpha value is -3.87. The van der Waals surface area contributed by atoms with Crippen LogP contribution in [-0.2, 0) is 11.3 Å². The van der Waals surface area contributed by atoms with Crippen molar-refractivity contribution in [3.05, 3.63) is 95.8 Å². The van der Waals surface area contributed by atoms with E-state index in [1.807, 2.05) is 35.2 Å². The molecule has 0 bridgehead atoms. The van der Waals surface area contributed by atoms with Crippen LogP contribution in [0.1, 0.15) is 15.9 Å². The Morgan fingerprint density at radius 2 is 1.52 bits per heavy atom. The minimum absolute atomic E-state index is 0.164. The third-order valence-corrected chi connectivity index (χ3v) is 5.60. The standard InChI is InChI=1S/C26H26FN3O3/c27-22-11-5-6-12-23(22)29-14-16-30(17-15-29)25(31)19-33-24-13-7-4-10-21(24)26(32)28-18-20-8-2-1-3-9-20/h1-13H,14-19H2,(H,28,32). The molecule has 0 saturated carbocycles.